The van der Waals surface area contributed by atoms with Crippen molar-refractivity contribution < 1.29 is 4.39 Å². The first-order valence-electron chi connectivity index (χ1n) is 7.29. The van der Waals surface area contributed by atoms with Gasteiger partial charge >= 0.3 is 0 Å². The molecule has 6 heteroatoms. The number of aromatic nitrogens is 1. The summed E-state index contributed by atoms with van der Waals surface area (Å²) < 4.78 is 13.2. The largest absolute Gasteiger partial charge is 0.230 e. The molecule has 23 heavy (non-hydrogen) atoms. The second-order valence-electron chi connectivity index (χ2n) is 5.40. The van der Waals surface area contributed by atoms with E-state index in [1.807, 2.05) is 17.3 Å². The Bertz CT molecular complexity index is 837. The predicted octanol–water partition coefficient (Wildman–Crippen LogP) is 5.01. The molecular formula is C17H14FN3S2. The summed E-state index contributed by atoms with van der Waals surface area (Å²) in [5.74, 6) is -0.227. The van der Waals surface area contributed by atoms with Crippen LogP contribution in [0, 0.1) is 12.7 Å². The van der Waals surface area contributed by atoms with E-state index in [1.165, 1.54) is 17.0 Å². The summed E-state index contributed by atoms with van der Waals surface area (Å²) in [5.41, 5.74) is 2.93. The van der Waals surface area contributed by atoms with E-state index >= 15 is 0 Å². The molecule has 0 fully saturated rings. The first kappa shape index (κ1) is 14.5. The van der Waals surface area contributed by atoms with Crippen molar-refractivity contribution in [3.63, 3.8) is 0 Å². The lowest BCUT2D eigenvalue weighted by Gasteiger charge is -2.19. The van der Waals surface area contributed by atoms with E-state index in [9.17, 15) is 4.39 Å². The number of anilines is 1. The van der Waals surface area contributed by atoms with Crippen LogP contribution < -0.4 is 5.01 Å². The maximum atomic E-state index is 13.2. The van der Waals surface area contributed by atoms with Gasteiger partial charge in [0.2, 0.25) is 5.13 Å². The van der Waals surface area contributed by atoms with Crippen LogP contribution in [0.15, 0.2) is 52.3 Å². The van der Waals surface area contributed by atoms with Crippen LogP contribution in [0.5, 0.6) is 0 Å². The average molecular weight is 343 g/mol. The molecule has 3 heterocycles. The smallest absolute Gasteiger partial charge is 0.206 e. The fraction of sp³-hybridized carbons (Fsp3) is 0.176. The maximum absolute atomic E-state index is 13.2. The van der Waals surface area contributed by atoms with E-state index in [4.69, 9.17) is 5.10 Å². The molecule has 3 nitrogen and oxygen atoms in total. The van der Waals surface area contributed by atoms with Crippen LogP contribution in [0.2, 0.25) is 0 Å². The number of benzene rings is 1. The summed E-state index contributed by atoms with van der Waals surface area (Å²) in [5, 5.41) is 11.8. The van der Waals surface area contributed by atoms with Crippen LogP contribution in [0.3, 0.4) is 0 Å². The van der Waals surface area contributed by atoms with E-state index in [0.29, 0.717) is 0 Å². The van der Waals surface area contributed by atoms with Gasteiger partial charge < -0.3 is 0 Å². The molecule has 0 spiro atoms. The van der Waals surface area contributed by atoms with Gasteiger partial charge in [0.25, 0.3) is 0 Å². The fourth-order valence-electron chi connectivity index (χ4n) is 2.65. The summed E-state index contributed by atoms with van der Waals surface area (Å²) in [7, 11) is 0. The molecule has 2 aromatic heterocycles. The van der Waals surface area contributed by atoms with Crippen molar-refractivity contribution in [1.82, 2.24) is 4.98 Å². The molecular weight excluding hydrogens is 329 g/mol. The van der Waals surface area contributed by atoms with Crippen molar-refractivity contribution >= 4 is 33.5 Å². The van der Waals surface area contributed by atoms with Gasteiger partial charge in [-0.25, -0.2) is 14.4 Å². The number of hydrogen-bond acceptors (Lipinski definition) is 5. The molecule has 116 valence electrons. The van der Waals surface area contributed by atoms with Gasteiger partial charge in [0.15, 0.2) is 0 Å². The van der Waals surface area contributed by atoms with Gasteiger partial charge in [0.05, 0.1) is 17.4 Å². The number of thiazole rings is 1. The number of thiophene rings is 1. The molecule has 1 aliphatic heterocycles. The van der Waals surface area contributed by atoms with Gasteiger partial charge in [0, 0.05) is 16.7 Å². The zero-order chi connectivity index (χ0) is 15.8. The third-order valence-corrected chi connectivity index (χ3v) is 5.68. The number of hydrogen-bond donors (Lipinski definition) is 0. The zero-order valence-corrected chi connectivity index (χ0v) is 14.1. The molecule has 0 amide bonds. The normalized spacial score (nSPS) is 17.6. The Balaban J connectivity index is 1.73. The second-order valence-corrected chi connectivity index (χ2v) is 7.22. The van der Waals surface area contributed by atoms with Gasteiger partial charge in [-0.15, -0.1) is 22.7 Å². The molecule has 1 atom stereocenters. The molecule has 0 aliphatic carbocycles. The molecule has 0 N–H and O–H groups in total. The molecule has 1 aliphatic rings. The van der Waals surface area contributed by atoms with Crippen molar-refractivity contribution in [1.29, 1.82) is 0 Å². The number of halogens is 1. The summed E-state index contributed by atoms with van der Waals surface area (Å²) >= 11 is 3.33. The van der Waals surface area contributed by atoms with Crippen LogP contribution in [0.4, 0.5) is 9.52 Å². The van der Waals surface area contributed by atoms with E-state index in [0.717, 1.165) is 28.5 Å². The highest BCUT2D eigenvalue weighted by atomic mass is 32.1. The third-order valence-electron chi connectivity index (χ3n) is 3.76. The highest BCUT2D eigenvalue weighted by Gasteiger charge is 2.32. The molecule has 0 saturated carbocycles. The molecule has 0 radical (unpaired) electrons. The minimum atomic E-state index is -0.227. The number of nitrogens with zero attached hydrogens (tertiary/aromatic N) is 3. The SMILES string of the molecule is Cc1csc(N2N=C(c3ccc(F)cc3)CC2c2cccs2)n1. The van der Waals surface area contributed by atoms with Crippen LogP contribution >= 0.6 is 22.7 Å². The number of rotatable bonds is 3. The maximum Gasteiger partial charge on any atom is 0.206 e. The lowest BCUT2D eigenvalue weighted by Crippen LogP contribution is -2.17. The zero-order valence-electron chi connectivity index (χ0n) is 12.4. The Morgan fingerprint density at radius 2 is 2.00 bits per heavy atom. The molecule has 1 aromatic carbocycles. The molecule has 1 unspecified atom stereocenters. The van der Waals surface area contributed by atoms with Gasteiger partial charge in [-0.3, -0.25) is 0 Å². The summed E-state index contributed by atoms with van der Waals surface area (Å²) in [6, 6.07) is 10.9. The van der Waals surface area contributed by atoms with E-state index in [-0.39, 0.29) is 11.9 Å². The van der Waals surface area contributed by atoms with Crippen LogP contribution in [0.25, 0.3) is 0 Å². The Morgan fingerprint density at radius 1 is 1.17 bits per heavy atom. The minimum Gasteiger partial charge on any atom is -0.230 e. The topological polar surface area (TPSA) is 28.5 Å². The number of hydrazone groups is 1. The van der Waals surface area contributed by atoms with Crippen LogP contribution in [-0.2, 0) is 0 Å². The fourth-order valence-corrected chi connectivity index (χ4v) is 4.27. The quantitative estimate of drug-likeness (QED) is 0.669. The first-order valence-corrected chi connectivity index (χ1v) is 9.05. The average Bonchev–Trinajstić information content (AvgIpc) is 3.27. The van der Waals surface area contributed by atoms with E-state index in [1.54, 1.807) is 34.8 Å². The molecule has 3 aromatic rings. The van der Waals surface area contributed by atoms with Gasteiger partial charge in [-0.05, 0) is 36.1 Å². The standard InChI is InChI=1S/C17H14FN3S2/c1-11-10-23-17(19-11)21-15(16-3-2-8-22-16)9-14(20-21)12-4-6-13(18)7-5-12/h2-8,10,15H,9H2,1H3. The van der Waals surface area contributed by atoms with Crippen LogP contribution in [-0.4, -0.2) is 10.7 Å². The molecule has 4 rings (SSSR count). The lowest BCUT2D eigenvalue weighted by atomic mass is 10.0. The van der Waals surface area contributed by atoms with Crippen molar-refractivity contribution in [3.8, 4) is 0 Å². The van der Waals surface area contributed by atoms with E-state index < -0.39 is 0 Å². The van der Waals surface area contributed by atoms with Gasteiger partial charge in [0.1, 0.15) is 5.82 Å². The summed E-state index contributed by atoms with van der Waals surface area (Å²) in [6.45, 7) is 1.99. The molecule has 0 bridgehead atoms. The Labute approximate surface area is 141 Å². The van der Waals surface area contributed by atoms with Gasteiger partial charge in [-0.2, -0.15) is 5.10 Å². The lowest BCUT2D eigenvalue weighted by molar-refractivity contribution is 0.627. The Kier molecular flexibility index (Phi) is 3.71. The third kappa shape index (κ3) is 2.80. The first-order chi connectivity index (χ1) is 11.2. The Hall–Kier alpha value is -2.05. The monoisotopic (exact) mass is 343 g/mol. The Morgan fingerprint density at radius 3 is 2.65 bits per heavy atom. The summed E-state index contributed by atoms with van der Waals surface area (Å²) in [6.07, 6.45) is 0.796. The number of aryl methyl sites for hydroxylation is 1. The van der Waals surface area contributed by atoms with Crippen molar-refractivity contribution in [2.24, 2.45) is 5.10 Å². The van der Waals surface area contributed by atoms with Crippen molar-refractivity contribution in [2.75, 3.05) is 5.01 Å². The second kappa shape index (κ2) is 5.86. The minimum absolute atomic E-state index is 0.153. The van der Waals surface area contributed by atoms with E-state index in [2.05, 4.69) is 22.5 Å². The van der Waals surface area contributed by atoms with Crippen molar-refractivity contribution in [2.45, 2.75) is 19.4 Å². The highest BCUT2D eigenvalue weighted by Crippen LogP contribution is 2.39. The predicted molar refractivity (Wildman–Crippen MR) is 93.9 cm³/mol. The molecule has 0 saturated heterocycles. The van der Waals surface area contributed by atoms with Crippen LogP contribution in [0.1, 0.15) is 28.6 Å². The van der Waals surface area contributed by atoms with Crippen molar-refractivity contribution in [3.05, 3.63) is 69.1 Å². The highest BCUT2D eigenvalue weighted by molar-refractivity contribution is 7.13. The summed E-state index contributed by atoms with van der Waals surface area (Å²) in [4.78, 5) is 5.84. The van der Waals surface area contributed by atoms with Gasteiger partial charge in [-0.1, -0.05) is 18.2 Å².